The van der Waals surface area contributed by atoms with Crippen LogP contribution in [0.4, 0.5) is 0 Å². The Balaban J connectivity index is 0.00000243. The first-order chi connectivity index (χ1) is 12.2. The Labute approximate surface area is 165 Å². The molecule has 8 heteroatoms. The molecule has 2 aliphatic rings. The Morgan fingerprint density at radius 3 is 2.54 bits per heavy atom. The molecule has 6 nitrogen and oxygen atoms in total. The lowest BCUT2D eigenvalue weighted by molar-refractivity contribution is -0.147. The van der Waals surface area contributed by atoms with Crippen LogP contribution in [0.5, 0.6) is 0 Å². The summed E-state index contributed by atoms with van der Waals surface area (Å²) in [6.45, 7) is 4.80. The van der Waals surface area contributed by atoms with Gasteiger partial charge >= 0.3 is 0 Å². The van der Waals surface area contributed by atoms with Crippen molar-refractivity contribution in [2.24, 2.45) is 5.41 Å². The average Bonchev–Trinajstić information content (AvgIpc) is 3.06. The summed E-state index contributed by atoms with van der Waals surface area (Å²) in [5.41, 5.74) is 0.339. The van der Waals surface area contributed by atoms with Crippen LogP contribution in [0.2, 0.25) is 0 Å². The molecule has 1 N–H and O–H groups in total. The van der Waals surface area contributed by atoms with Gasteiger partial charge in [-0.05, 0) is 43.8 Å². The largest absolute Gasteiger partial charge is 0.384 e. The second kappa shape index (κ2) is 9.69. The van der Waals surface area contributed by atoms with E-state index < -0.39 is 5.41 Å². The van der Waals surface area contributed by atoms with Gasteiger partial charge in [0, 0.05) is 38.7 Å². The first-order valence-electron chi connectivity index (χ1n) is 8.97. The highest BCUT2D eigenvalue weighted by Crippen LogP contribution is 2.32. The zero-order valence-electron chi connectivity index (χ0n) is 15.2. The standard InChI is InChI=1S/C18H27N3O3S.ClH/c1-24-14-18(4-6-19-7-5-18)17(23)21-9-2-8-20(10-11-21)16(22)15-3-12-25-13-15;/h3,12-13,19H,2,4-11,14H2,1H3;1H. The summed E-state index contributed by atoms with van der Waals surface area (Å²) in [5, 5.41) is 7.14. The minimum Gasteiger partial charge on any atom is -0.384 e. The normalized spacial score (nSPS) is 20.2. The molecular weight excluding hydrogens is 374 g/mol. The number of piperidine rings is 1. The molecule has 0 saturated carbocycles. The van der Waals surface area contributed by atoms with E-state index >= 15 is 0 Å². The maximum Gasteiger partial charge on any atom is 0.254 e. The molecule has 0 bridgehead atoms. The Hall–Kier alpha value is -1.15. The van der Waals surface area contributed by atoms with Gasteiger partial charge in [0.1, 0.15) is 0 Å². The third-order valence-corrected chi connectivity index (χ3v) is 5.96. The summed E-state index contributed by atoms with van der Waals surface area (Å²) in [7, 11) is 1.67. The average molecular weight is 402 g/mol. The third kappa shape index (κ3) is 4.57. The first kappa shape index (κ1) is 21.2. The number of nitrogens with zero attached hydrogens (tertiary/aromatic N) is 2. The fourth-order valence-electron chi connectivity index (χ4n) is 3.83. The van der Waals surface area contributed by atoms with Crippen molar-refractivity contribution in [3.63, 3.8) is 0 Å². The van der Waals surface area contributed by atoms with Crippen LogP contribution in [0.3, 0.4) is 0 Å². The van der Waals surface area contributed by atoms with Crippen molar-refractivity contribution in [2.45, 2.75) is 19.3 Å². The predicted molar refractivity (Wildman–Crippen MR) is 105 cm³/mol. The van der Waals surface area contributed by atoms with E-state index in [2.05, 4.69) is 5.32 Å². The van der Waals surface area contributed by atoms with Crippen LogP contribution in [0.1, 0.15) is 29.6 Å². The zero-order chi connectivity index (χ0) is 17.7. The third-order valence-electron chi connectivity index (χ3n) is 5.27. The maximum absolute atomic E-state index is 13.2. The van der Waals surface area contributed by atoms with Crippen molar-refractivity contribution in [1.29, 1.82) is 0 Å². The lowest BCUT2D eigenvalue weighted by atomic mass is 9.78. The Bertz CT molecular complexity index is 585. The van der Waals surface area contributed by atoms with Crippen molar-refractivity contribution in [1.82, 2.24) is 15.1 Å². The number of methoxy groups -OCH3 is 1. The lowest BCUT2D eigenvalue weighted by Gasteiger charge is -2.39. The summed E-state index contributed by atoms with van der Waals surface area (Å²) < 4.78 is 5.40. The van der Waals surface area contributed by atoms with Gasteiger partial charge in [-0.15, -0.1) is 12.4 Å². The summed E-state index contributed by atoms with van der Waals surface area (Å²) in [6, 6.07) is 1.86. The molecule has 1 aromatic heterocycles. The SMILES string of the molecule is COCC1(C(=O)N2CCCN(C(=O)c3ccsc3)CC2)CCNCC1.Cl. The molecule has 3 heterocycles. The first-order valence-corrected chi connectivity index (χ1v) is 9.91. The summed E-state index contributed by atoms with van der Waals surface area (Å²) in [6.07, 6.45) is 2.45. The van der Waals surface area contributed by atoms with Crippen LogP contribution in [-0.2, 0) is 9.53 Å². The molecule has 0 radical (unpaired) electrons. The number of hydrogen-bond donors (Lipinski definition) is 1. The van der Waals surface area contributed by atoms with Crippen LogP contribution in [0, 0.1) is 5.41 Å². The summed E-state index contributed by atoms with van der Waals surface area (Å²) >= 11 is 1.53. The molecule has 2 fully saturated rings. The number of hydrogen-bond acceptors (Lipinski definition) is 5. The number of carbonyl (C=O) groups is 2. The van der Waals surface area contributed by atoms with Crippen LogP contribution in [0.15, 0.2) is 16.8 Å². The molecule has 0 atom stereocenters. The monoisotopic (exact) mass is 401 g/mol. The van der Waals surface area contributed by atoms with Gasteiger partial charge in [0.15, 0.2) is 0 Å². The van der Waals surface area contributed by atoms with Crippen molar-refractivity contribution in [3.05, 3.63) is 22.4 Å². The Kier molecular flexibility index (Phi) is 7.88. The van der Waals surface area contributed by atoms with E-state index in [0.717, 1.165) is 37.9 Å². The molecule has 0 unspecified atom stereocenters. The van der Waals surface area contributed by atoms with Gasteiger partial charge in [-0.2, -0.15) is 11.3 Å². The van der Waals surface area contributed by atoms with E-state index in [-0.39, 0.29) is 24.2 Å². The van der Waals surface area contributed by atoms with Gasteiger partial charge in [-0.25, -0.2) is 0 Å². The van der Waals surface area contributed by atoms with Gasteiger partial charge in [-0.3, -0.25) is 9.59 Å². The van der Waals surface area contributed by atoms with E-state index in [9.17, 15) is 9.59 Å². The number of thiophene rings is 1. The molecule has 1 aromatic rings. The van der Waals surface area contributed by atoms with E-state index in [4.69, 9.17) is 4.74 Å². The highest BCUT2D eigenvalue weighted by atomic mass is 35.5. The van der Waals surface area contributed by atoms with E-state index in [1.54, 1.807) is 7.11 Å². The highest BCUT2D eigenvalue weighted by molar-refractivity contribution is 7.08. The molecule has 0 spiro atoms. The number of nitrogens with one attached hydrogen (secondary N) is 1. The molecule has 2 saturated heterocycles. The van der Waals surface area contributed by atoms with E-state index in [0.29, 0.717) is 32.8 Å². The van der Waals surface area contributed by atoms with Gasteiger partial charge in [0.25, 0.3) is 5.91 Å². The van der Waals surface area contributed by atoms with Crippen LogP contribution in [-0.4, -0.2) is 74.6 Å². The quantitative estimate of drug-likeness (QED) is 0.836. The molecule has 2 amide bonds. The molecular formula is C18H28ClN3O3S. The molecule has 3 rings (SSSR count). The van der Waals surface area contributed by atoms with Crippen LogP contribution in [0.25, 0.3) is 0 Å². The molecule has 146 valence electrons. The van der Waals surface area contributed by atoms with Crippen molar-refractivity contribution < 1.29 is 14.3 Å². The van der Waals surface area contributed by atoms with Crippen LogP contribution >= 0.6 is 23.7 Å². The van der Waals surface area contributed by atoms with Crippen molar-refractivity contribution in [2.75, 3.05) is 53.0 Å². The van der Waals surface area contributed by atoms with Gasteiger partial charge in [-0.1, -0.05) is 0 Å². The molecule has 0 aromatic carbocycles. The summed E-state index contributed by atoms with van der Waals surface area (Å²) in [5.74, 6) is 0.268. The highest BCUT2D eigenvalue weighted by Gasteiger charge is 2.42. The van der Waals surface area contributed by atoms with Gasteiger partial charge in [0.2, 0.25) is 5.91 Å². The number of amides is 2. The Morgan fingerprint density at radius 2 is 1.88 bits per heavy atom. The number of halogens is 1. The fraction of sp³-hybridized carbons (Fsp3) is 0.667. The van der Waals surface area contributed by atoms with Crippen molar-refractivity contribution in [3.8, 4) is 0 Å². The minimum atomic E-state index is -0.410. The minimum absolute atomic E-state index is 0. The van der Waals surface area contributed by atoms with Crippen LogP contribution < -0.4 is 5.32 Å². The van der Waals surface area contributed by atoms with Gasteiger partial charge in [0.05, 0.1) is 17.6 Å². The molecule has 0 aliphatic carbocycles. The maximum atomic E-state index is 13.2. The topological polar surface area (TPSA) is 61.9 Å². The number of rotatable bonds is 4. The molecule has 2 aliphatic heterocycles. The fourth-order valence-corrected chi connectivity index (χ4v) is 4.46. The number of carbonyl (C=O) groups excluding carboxylic acids is 2. The zero-order valence-corrected chi connectivity index (χ0v) is 16.9. The predicted octanol–water partition coefficient (Wildman–Crippen LogP) is 1.86. The van der Waals surface area contributed by atoms with E-state index in [1.807, 2.05) is 26.6 Å². The molecule has 26 heavy (non-hydrogen) atoms. The second-order valence-electron chi connectivity index (χ2n) is 6.91. The van der Waals surface area contributed by atoms with Crippen molar-refractivity contribution >= 4 is 35.6 Å². The van der Waals surface area contributed by atoms with E-state index in [1.165, 1.54) is 11.3 Å². The lowest BCUT2D eigenvalue weighted by Crippen LogP contribution is -2.52. The number of ether oxygens (including phenoxy) is 1. The van der Waals surface area contributed by atoms with Gasteiger partial charge < -0.3 is 19.9 Å². The smallest absolute Gasteiger partial charge is 0.254 e. The summed E-state index contributed by atoms with van der Waals surface area (Å²) in [4.78, 5) is 29.6. The second-order valence-corrected chi connectivity index (χ2v) is 7.69. The Morgan fingerprint density at radius 1 is 1.19 bits per heavy atom.